The Morgan fingerprint density at radius 2 is 1.88 bits per heavy atom. The van der Waals surface area contributed by atoms with Crippen molar-refractivity contribution in [3.63, 3.8) is 0 Å². The summed E-state index contributed by atoms with van der Waals surface area (Å²) in [4.78, 5) is 2.35. The van der Waals surface area contributed by atoms with E-state index in [1.807, 2.05) is 36.4 Å². The van der Waals surface area contributed by atoms with Crippen LogP contribution in [0.3, 0.4) is 0 Å². The fourth-order valence-corrected chi connectivity index (χ4v) is 3.74. The molecule has 0 aliphatic carbocycles. The third-order valence-corrected chi connectivity index (χ3v) is 5.12. The van der Waals surface area contributed by atoms with Crippen LogP contribution in [0.1, 0.15) is 24.5 Å². The van der Waals surface area contributed by atoms with E-state index in [0.717, 1.165) is 41.3 Å². The lowest BCUT2D eigenvalue weighted by Crippen LogP contribution is -2.44. The van der Waals surface area contributed by atoms with Gasteiger partial charge in [0.2, 0.25) is 0 Å². The fourth-order valence-electron chi connectivity index (χ4n) is 3.74. The van der Waals surface area contributed by atoms with E-state index in [2.05, 4.69) is 11.0 Å². The lowest BCUT2D eigenvalue weighted by Gasteiger charge is -2.36. The molecule has 0 saturated carbocycles. The van der Waals surface area contributed by atoms with Gasteiger partial charge in [0.1, 0.15) is 24.2 Å². The first-order valence-corrected chi connectivity index (χ1v) is 8.59. The monoisotopic (exact) mass is 325 g/mol. The Morgan fingerprint density at radius 1 is 1.08 bits per heavy atom. The van der Waals surface area contributed by atoms with Gasteiger partial charge in [-0.05, 0) is 55.3 Å². The van der Waals surface area contributed by atoms with E-state index in [9.17, 15) is 5.11 Å². The molecule has 2 heterocycles. The van der Waals surface area contributed by atoms with Crippen molar-refractivity contribution in [3.05, 3.63) is 48.0 Å². The average molecular weight is 325 g/mol. The van der Waals surface area contributed by atoms with Gasteiger partial charge in [-0.2, -0.15) is 0 Å². The maximum absolute atomic E-state index is 10.8. The lowest BCUT2D eigenvalue weighted by atomic mass is 9.95. The quantitative estimate of drug-likeness (QED) is 0.940. The van der Waals surface area contributed by atoms with E-state index >= 15 is 0 Å². The zero-order valence-corrected chi connectivity index (χ0v) is 13.9. The number of hydrogen-bond acceptors (Lipinski definition) is 4. The van der Waals surface area contributed by atoms with Crippen molar-refractivity contribution >= 4 is 0 Å². The number of hydrogen-bond donors (Lipinski definition) is 1. The Kier molecular flexibility index (Phi) is 4.17. The first kappa shape index (κ1) is 15.5. The second kappa shape index (κ2) is 6.46. The third-order valence-electron chi connectivity index (χ3n) is 5.12. The Hall–Kier alpha value is -2.04. The van der Waals surface area contributed by atoms with Gasteiger partial charge in [0, 0.05) is 5.56 Å². The van der Waals surface area contributed by atoms with Crippen molar-refractivity contribution in [3.8, 4) is 22.6 Å². The van der Waals surface area contributed by atoms with Crippen LogP contribution in [-0.4, -0.2) is 42.9 Å². The van der Waals surface area contributed by atoms with Gasteiger partial charge in [-0.3, -0.25) is 4.90 Å². The van der Waals surface area contributed by atoms with E-state index < -0.39 is 6.10 Å². The highest BCUT2D eigenvalue weighted by atomic mass is 16.5. The van der Waals surface area contributed by atoms with Crippen LogP contribution in [0.2, 0.25) is 0 Å². The van der Waals surface area contributed by atoms with Crippen LogP contribution in [0.25, 0.3) is 11.1 Å². The molecule has 24 heavy (non-hydrogen) atoms. The molecule has 0 unspecified atom stereocenters. The smallest absolute Gasteiger partial charge is 0.125 e. The molecule has 2 aliphatic heterocycles. The molecule has 126 valence electrons. The molecule has 1 fully saturated rings. The molecule has 0 bridgehead atoms. The summed E-state index contributed by atoms with van der Waals surface area (Å²) in [6.07, 6.45) is 1.95. The van der Waals surface area contributed by atoms with Crippen LogP contribution >= 0.6 is 0 Å². The molecule has 2 aromatic rings. The minimum Gasteiger partial charge on any atom is -0.497 e. The lowest BCUT2D eigenvalue weighted by molar-refractivity contribution is 0.0140. The fraction of sp³-hybridized carbons (Fsp3) is 0.400. The van der Waals surface area contributed by atoms with E-state index in [-0.39, 0.29) is 6.04 Å². The predicted molar refractivity (Wildman–Crippen MR) is 93.5 cm³/mol. The number of aliphatic hydroxyl groups is 1. The molecule has 4 rings (SSSR count). The van der Waals surface area contributed by atoms with Gasteiger partial charge in [0.15, 0.2) is 0 Å². The Bertz CT molecular complexity index is 725. The number of rotatable bonds is 3. The molecule has 0 radical (unpaired) electrons. The van der Waals surface area contributed by atoms with Crippen molar-refractivity contribution in [1.29, 1.82) is 0 Å². The van der Waals surface area contributed by atoms with Crippen LogP contribution in [0, 0.1) is 0 Å². The van der Waals surface area contributed by atoms with Crippen LogP contribution in [0.4, 0.5) is 0 Å². The van der Waals surface area contributed by atoms with Crippen LogP contribution in [-0.2, 0) is 0 Å². The first-order chi connectivity index (χ1) is 11.8. The van der Waals surface area contributed by atoms with E-state index in [1.165, 1.54) is 12.8 Å². The Balaban J connectivity index is 1.62. The number of fused-ring (bicyclic) bond motifs is 1. The Morgan fingerprint density at radius 3 is 2.67 bits per heavy atom. The van der Waals surface area contributed by atoms with Gasteiger partial charge < -0.3 is 14.6 Å². The van der Waals surface area contributed by atoms with Crippen molar-refractivity contribution < 1.29 is 14.6 Å². The Labute approximate surface area is 142 Å². The molecule has 2 aromatic carbocycles. The van der Waals surface area contributed by atoms with Crippen molar-refractivity contribution in [2.24, 2.45) is 0 Å². The molecule has 0 spiro atoms. The summed E-state index contributed by atoms with van der Waals surface area (Å²) >= 11 is 0. The molecule has 2 atom stereocenters. The maximum Gasteiger partial charge on any atom is 0.125 e. The maximum atomic E-state index is 10.8. The van der Waals surface area contributed by atoms with Gasteiger partial charge in [-0.25, -0.2) is 0 Å². The minimum absolute atomic E-state index is 0.0719. The van der Waals surface area contributed by atoms with Crippen LogP contribution in [0.5, 0.6) is 11.5 Å². The molecular formula is C20H23NO3. The SMILES string of the molecule is COc1cccc(-c2ccc3c(c2)OC[C@@H](N2CCCC2)[C@@H]3O)c1. The molecule has 0 amide bonds. The topological polar surface area (TPSA) is 41.9 Å². The largest absolute Gasteiger partial charge is 0.497 e. The number of nitrogens with zero attached hydrogens (tertiary/aromatic N) is 1. The van der Waals surface area contributed by atoms with E-state index in [4.69, 9.17) is 9.47 Å². The molecule has 0 aromatic heterocycles. The van der Waals surface area contributed by atoms with Crippen LogP contribution < -0.4 is 9.47 Å². The third kappa shape index (κ3) is 2.76. The van der Waals surface area contributed by atoms with Crippen LogP contribution in [0.15, 0.2) is 42.5 Å². The highest BCUT2D eigenvalue weighted by Crippen LogP contribution is 2.38. The number of methoxy groups -OCH3 is 1. The summed E-state index contributed by atoms with van der Waals surface area (Å²) in [6.45, 7) is 2.67. The summed E-state index contributed by atoms with van der Waals surface area (Å²) < 4.78 is 11.3. The average Bonchev–Trinajstić information content (AvgIpc) is 3.16. The molecule has 4 nitrogen and oxygen atoms in total. The summed E-state index contributed by atoms with van der Waals surface area (Å²) in [5.41, 5.74) is 3.04. The van der Waals surface area contributed by atoms with E-state index in [1.54, 1.807) is 7.11 Å². The van der Waals surface area contributed by atoms with E-state index in [0.29, 0.717) is 6.61 Å². The molecule has 1 N–H and O–H groups in total. The number of likely N-dealkylation sites (tertiary alicyclic amines) is 1. The van der Waals surface area contributed by atoms with Crippen molar-refractivity contribution in [2.45, 2.75) is 25.0 Å². The summed E-state index contributed by atoms with van der Waals surface area (Å²) in [6, 6.07) is 14.1. The summed E-state index contributed by atoms with van der Waals surface area (Å²) in [7, 11) is 1.67. The van der Waals surface area contributed by atoms with Crippen molar-refractivity contribution in [1.82, 2.24) is 4.90 Å². The van der Waals surface area contributed by atoms with Crippen molar-refractivity contribution in [2.75, 3.05) is 26.8 Å². The highest BCUT2D eigenvalue weighted by Gasteiger charge is 2.34. The predicted octanol–water partition coefficient (Wildman–Crippen LogP) is 3.25. The molecule has 1 saturated heterocycles. The van der Waals surface area contributed by atoms with Gasteiger partial charge >= 0.3 is 0 Å². The summed E-state index contributed by atoms with van der Waals surface area (Å²) in [5.74, 6) is 1.62. The molecule has 4 heteroatoms. The number of benzene rings is 2. The standard InChI is InChI=1S/C20H23NO3/c1-23-16-6-4-5-14(11-16)15-7-8-17-19(12-15)24-13-18(20(17)22)21-9-2-3-10-21/h4-8,11-12,18,20,22H,2-3,9-10,13H2,1H3/t18-,20-/m1/s1. The molecular weight excluding hydrogens is 302 g/mol. The summed E-state index contributed by atoms with van der Waals surface area (Å²) in [5, 5.41) is 10.8. The number of aliphatic hydroxyl groups excluding tert-OH is 1. The second-order valence-electron chi connectivity index (χ2n) is 6.55. The van der Waals surface area contributed by atoms with Gasteiger partial charge in [0.05, 0.1) is 13.2 Å². The second-order valence-corrected chi connectivity index (χ2v) is 6.55. The normalized spacial score (nSPS) is 23.6. The molecule has 2 aliphatic rings. The number of ether oxygens (including phenoxy) is 2. The van der Waals surface area contributed by atoms with Gasteiger partial charge in [0.25, 0.3) is 0 Å². The zero-order chi connectivity index (χ0) is 16.5. The highest BCUT2D eigenvalue weighted by molar-refractivity contribution is 5.68. The minimum atomic E-state index is -0.480. The van der Waals surface area contributed by atoms with Gasteiger partial charge in [-0.1, -0.05) is 24.3 Å². The zero-order valence-electron chi connectivity index (χ0n) is 13.9. The first-order valence-electron chi connectivity index (χ1n) is 8.59. The van der Waals surface area contributed by atoms with Gasteiger partial charge in [-0.15, -0.1) is 0 Å².